The Balaban J connectivity index is 0.00000289. The lowest BCUT2D eigenvalue weighted by atomic mass is 9.90. The summed E-state index contributed by atoms with van der Waals surface area (Å²) in [4.78, 5) is 28.4. The molecular formula is C24H28ClN5O5. The van der Waals surface area contributed by atoms with Crippen molar-refractivity contribution in [1.82, 2.24) is 19.9 Å². The second-order valence-electron chi connectivity index (χ2n) is 8.48. The second-order valence-corrected chi connectivity index (χ2v) is 8.48. The molecule has 35 heavy (non-hydrogen) atoms. The van der Waals surface area contributed by atoms with Crippen molar-refractivity contribution < 1.29 is 24.1 Å². The minimum absolute atomic E-state index is 0. The molecule has 1 amide bonds. The van der Waals surface area contributed by atoms with Crippen molar-refractivity contribution in [2.75, 3.05) is 45.3 Å². The lowest BCUT2D eigenvalue weighted by Crippen LogP contribution is -2.52. The average molecular weight is 502 g/mol. The first kappa shape index (κ1) is 24.9. The summed E-state index contributed by atoms with van der Waals surface area (Å²) in [5.74, 6) is 1.41. The van der Waals surface area contributed by atoms with Crippen molar-refractivity contribution in [3.05, 3.63) is 42.4 Å². The van der Waals surface area contributed by atoms with Gasteiger partial charge in [0.25, 0.3) is 5.91 Å². The van der Waals surface area contributed by atoms with E-state index in [-0.39, 0.29) is 12.4 Å². The highest BCUT2D eigenvalue weighted by atomic mass is 35.5. The van der Waals surface area contributed by atoms with Crippen LogP contribution in [0.15, 0.2) is 36.7 Å². The highest BCUT2D eigenvalue weighted by Gasteiger charge is 2.39. The number of carbonyl (C=O) groups excluding carboxylic acids is 1. The lowest BCUT2D eigenvalue weighted by molar-refractivity contribution is -0.138. The topological polar surface area (TPSA) is 119 Å². The molecule has 0 saturated carbocycles. The molecule has 2 aliphatic rings. The summed E-state index contributed by atoms with van der Waals surface area (Å²) in [7, 11) is 1.53. The highest BCUT2D eigenvalue weighted by molar-refractivity contribution is 6.02. The number of aliphatic hydroxyl groups is 1. The van der Waals surface area contributed by atoms with Crippen LogP contribution in [0.2, 0.25) is 0 Å². The molecule has 0 atom stereocenters. The van der Waals surface area contributed by atoms with Crippen LogP contribution >= 0.6 is 12.4 Å². The number of rotatable bonds is 6. The number of carbonyl (C=O) groups is 1. The number of hydrogen-bond donors (Lipinski definition) is 2. The van der Waals surface area contributed by atoms with Gasteiger partial charge in [-0.2, -0.15) is 0 Å². The monoisotopic (exact) mass is 501 g/mol. The van der Waals surface area contributed by atoms with Crippen LogP contribution < -0.4 is 19.5 Å². The van der Waals surface area contributed by atoms with Gasteiger partial charge in [-0.3, -0.25) is 14.8 Å². The summed E-state index contributed by atoms with van der Waals surface area (Å²) >= 11 is 0. The Kier molecular flexibility index (Phi) is 7.54. The molecule has 5 heterocycles. The molecule has 186 valence electrons. The first-order valence-electron chi connectivity index (χ1n) is 11.3. The van der Waals surface area contributed by atoms with Crippen LogP contribution in [0.5, 0.6) is 17.4 Å². The molecule has 3 aromatic rings. The normalized spacial score (nSPS) is 16.9. The molecule has 11 heteroatoms. The molecule has 0 aromatic carbocycles. The van der Waals surface area contributed by atoms with Gasteiger partial charge in [0.1, 0.15) is 24.3 Å². The number of aromatic nitrogens is 3. The summed E-state index contributed by atoms with van der Waals surface area (Å²) in [6.45, 7) is 3.08. The Morgan fingerprint density at radius 2 is 1.94 bits per heavy atom. The third-order valence-electron chi connectivity index (χ3n) is 6.29. The van der Waals surface area contributed by atoms with Crippen molar-refractivity contribution in [2.24, 2.45) is 0 Å². The van der Waals surface area contributed by atoms with Gasteiger partial charge in [-0.25, -0.2) is 4.98 Å². The van der Waals surface area contributed by atoms with Gasteiger partial charge in [0.05, 0.1) is 24.5 Å². The zero-order valence-corrected chi connectivity index (χ0v) is 20.2. The van der Waals surface area contributed by atoms with Gasteiger partial charge < -0.3 is 29.5 Å². The molecule has 0 unspecified atom stereocenters. The summed E-state index contributed by atoms with van der Waals surface area (Å²) in [6, 6.07) is 7.08. The van der Waals surface area contributed by atoms with Crippen molar-refractivity contribution in [1.29, 1.82) is 0 Å². The SMILES string of the molecule is COc1ccc2nccc(NC(=O)C3(O)CCN(CCc4cc5c(cn4)OCCO5)CC3)c2n1.Cl. The number of amides is 1. The molecule has 2 aliphatic heterocycles. The Morgan fingerprint density at radius 3 is 2.71 bits per heavy atom. The smallest absolute Gasteiger partial charge is 0.256 e. The highest BCUT2D eigenvalue weighted by Crippen LogP contribution is 2.30. The van der Waals surface area contributed by atoms with E-state index in [1.165, 1.54) is 7.11 Å². The molecule has 2 N–H and O–H groups in total. The van der Waals surface area contributed by atoms with Gasteiger partial charge in [0, 0.05) is 50.1 Å². The number of pyridine rings is 3. The fourth-order valence-corrected chi connectivity index (χ4v) is 4.23. The van der Waals surface area contributed by atoms with Gasteiger partial charge in [-0.15, -0.1) is 12.4 Å². The molecule has 3 aromatic heterocycles. The van der Waals surface area contributed by atoms with Gasteiger partial charge in [-0.1, -0.05) is 0 Å². The molecule has 1 fully saturated rings. The van der Waals surface area contributed by atoms with Crippen LogP contribution in [0.1, 0.15) is 18.5 Å². The van der Waals surface area contributed by atoms with Crippen molar-refractivity contribution in [2.45, 2.75) is 24.9 Å². The van der Waals surface area contributed by atoms with E-state index in [1.54, 1.807) is 30.6 Å². The van der Waals surface area contributed by atoms with E-state index in [0.29, 0.717) is 67.5 Å². The number of ether oxygens (including phenoxy) is 3. The first-order valence-corrected chi connectivity index (χ1v) is 11.3. The summed E-state index contributed by atoms with van der Waals surface area (Å²) in [5.41, 5.74) is 1.13. The number of halogens is 1. The van der Waals surface area contributed by atoms with Crippen LogP contribution in [0, 0.1) is 0 Å². The van der Waals surface area contributed by atoms with Gasteiger partial charge in [-0.05, 0) is 25.0 Å². The van der Waals surface area contributed by atoms with Crippen LogP contribution in [0.4, 0.5) is 5.69 Å². The van der Waals surface area contributed by atoms with Gasteiger partial charge >= 0.3 is 0 Å². The number of nitrogens with zero attached hydrogens (tertiary/aromatic N) is 4. The molecule has 0 aliphatic carbocycles. The minimum Gasteiger partial charge on any atom is -0.486 e. The first-order chi connectivity index (χ1) is 16.5. The van der Waals surface area contributed by atoms with E-state index in [4.69, 9.17) is 14.2 Å². The fourth-order valence-electron chi connectivity index (χ4n) is 4.23. The zero-order valence-electron chi connectivity index (χ0n) is 19.4. The summed E-state index contributed by atoms with van der Waals surface area (Å²) in [6.07, 6.45) is 4.74. The maximum absolute atomic E-state index is 13.0. The minimum atomic E-state index is -1.44. The quantitative estimate of drug-likeness (QED) is 0.524. The molecule has 0 radical (unpaired) electrons. The summed E-state index contributed by atoms with van der Waals surface area (Å²) < 4.78 is 16.3. The Morgan fingerprint density at radius 1 is 1.17 bits per heavy atom. The predicted molar refractivity (Wildman–Crippen MR) is 132 cm³/mol. The van der Waals surface area contributed by atoms with Crippen LogP contribution in [-0.2, 0) is 11.2 Å². The van der Waals surface area contributed by atoms with E-state index in [9.17, 15) is 9.90 Å². The average Bonchev–Trinajstić information content (AvgIpc) is 2.88. The maximum Gasteiger partial charge on any atom is 0.256 e. The van der Waals surface area contributed by atoms with E-state index in [0.717, 1.165) is 24.4 Å². The van der Waals surface area contributed by atoms with E-state index in [2.05, 4.69) is 25.2 Å². The van der Waals surface area contributed by atoms with Crippen molar-refractivity contribution in [3.63, 3.8) is 0 Å². The van der Waals surface area contributed by atoms with Crippen LogP contribution in [0.25, 0.3) is 11.0 Å². The van der Waals surface area contributed by atoms with E-state index >= 15 is 0 Å². The molecule has 0 bridgehead atoms. The Labute approximate surface area is 209 Å². The van der Waals surface area contributed by atoms with Crippen LogP contribution in [0.3, 0.4) is 0 Å². The lowest BCUT2D eigenvalue weighted by Gasteiger charge is -2.37. The standard InChI is InChI=1S/C24H27N5O5.ClH/c1-32-21-3-2-17-22(28-21)18(4-8-25-17)27-23(30)24(31)6-10-29(11-7-24)9-5-16-14-19-20(15-26-16)34-13-12-33-19;/h2-4,8,14-15,31H,5-7,9-13H2,1H3,(H,25,27,30);1H. The third kappa shape index (κ3) is 5.39. The predicted octanol–water partition coefficient (Wildman–Crippen LogP) is 2.23. The molecular weight excluding hydrogens is 474 g/mol. The van der Waals surface area contributed by atoms with Gasteiger partial charge in [0.15, 0.2) is 11.5 Å². The Bertz CT molecular complexity index is 1200. The number of methoxy groups -OCH3 is 1. The van der Waals surface area contributed by atoms with Crippen LogP contribution in [-0.4, -0.2) is 76.4 Å². The molecule has 10 nitrogen and oxygen atoms in total. The van der Waals surface area contributed by atoms with Crippen molar-refractivity contribution >= 4 is 35.0 Å². The number of hydrogen-bond acceptors (Lipinski definition) is 9. The Hall–Kier alpha value is -3.21. The zero-order chi connectivity index (χ0) is 23.5. The number of piperidine rings is 1. The van der Waals surface area contributed by atoms with E-state index in [1.807, 2.05) is 6.07 Å². The molecule has 5 rings (SSSR count). The van der Waals surface area contributed by atoms with Crippen molar-refractivity contribution in [3.8, 4) is 17.4 Å². The van der Waals surface area contributed by atoms with Gasteiger partial charge in [0.2, 0.25) is 5.88 Å². The molecule has 0 spiro atoms. The largest absolute Gasteiger partial charge is 0.486 e. The third-order valence-corrected chi connectivity index (χ3v) is 6.29. The number of nitrogens with one attached hydrogen (secondary N) is 1. The fraction of sp³-hybridized carbons (Fsp3) is 0.417. The summed E-state index contributed by atoms with van der Waals surface area (Å²) in [5, 5.41) is 13.9. The molecule has 1 saturated heterocycles. The maximum atomic E-state index is 13.0. The number of likely N-dealkylation sites (tertiary alicyclic amines) is 1. The van der Waals surface area contributed by atoms with E-state index < -0.39 is 11.5 Å². The number of fused-ring (bicyclic) bond motifs is 2. The second kappa shape index (κ2) is 10.6. The number of anilines is 1.